The lowest BCUT2D eigenvalue weighted by Gasteiger charge is -2.43. The smallest absolute Gasteiger partial charge is 0.240 e. The largest absolute Gasteiger partial charge is 0.369 e. The summed E-state index contributed by atoms with van der Waals surface area (Å²) in [5, 5.41) is 19.3. The van der Waals surface area contributed by atoms with Gasteiger partial charge >= 0.3 is 0 Å². The lowest BCUT2D eigenvalue weighted by Crippen LogP contribution is -2.56. The predicted octanol–water partition coefficient (Wildman–Crippen LogP) is 3.39. The SMILES string of the molecule is CC1CCC(C#N)(N(C)C(=O)C(C)N2CCCN(c3ccccc3C#N)CC2)CC1. The quantitative estimate of drug-likeness (QED) is 0.765. The number of nitriles is 2. The highest BCUT2D eigenvalue weighted by molar-refractivity contribution is 5.82. The first kappa shape index (κ1) is 22.1. The molecule has 1 aliphatic heterocycles. The van der Waals surface area contributed by atoms with Crippen molar-refractivity contribution in [2.45, 2.75) is 57.5 Å². The molecule has 0 radical (unpaired) electrons. The Morgan fingerprint density at radius 3 is 2.53 bits per heavy atom. The first-order chi connectivity index (χ1) is 14.4. The Hall–Kier alpha value is -2.57. The number of hydrogen-bond acceptors (Lipinski definition) is 5. The number of likely N-dealkylation sites (N-methyl/N-ethyl adjacent to an activating group) is 1. The molecule has 2 aliphatic rings. The predicted molar refractivity (Wildman–Crippen MR) is 118 cm³/mol. The summed E-state index contributed by atoms with van der Waals surface area (Å²) in [6, 6.07) is 12.2. The van der Waals surface area contributed by atoms with Crippen LogP contribution >= 0.6 is 0 Å². The normalized spacial score (nSPS) is 26.2. The molecule has 1 unspecified atom stereocenters. The highest BCUT2D eigenvalue weighted by Gasteiger charge is 2.42. The molecule has 160 valence electrons. The topological polar surface area (TPSA) is 74.4 Å². The van der Waals surface area contributed by atoms with Gasteiger partial charge in [-0.3, -0.25) is 9.69 Å². The molecule has 1 aliphatic carbocycles. The molecule has 0 aromatic heterocycles. The van der Waals surface area contributed by atoms with Crippen molar-refractivity contribution in [3.05, 3.63) is 29.8 Å². The number of amides is 1. The molecular weight excluding hydrogens is 374 g/mol. The Labute approximate surface area is 180 Å². The number of nitrogens with zero attached hydrogens (tertiary/aromatic N) is 5. The van der Waals surface area contributed by atoms with Gasteiger partial charge in [0.2, 0.25) is 5.91 Å². The summed E-state index contributed by atoms with van der Waals surface area (Å²) in [4.78, 5) is 19.5. The van der Waals surface area contributed by atoms with Crippen molar-refractivity contribution >= 4 is 11.6 Å². The van der Waals surface area contributed by atoms with Crippen LogP contribution in [-0.4, -0.2) is 60.5 Å². The van der Waals surface area contributed by atoms with E-state index in [1.807, 2.05) is 38.2 Å². The third-order valence-electron chi connectivity index (χ3n) is 7.08. The second-order valence-electron chi connectivity index (χ2n) is 8.90. The van der Waals surface area contributed by atoms with E-state index >= 15 is 0 Å². The Morgan fingerprint density at radius 2 is 1.87 bits per heavy atom. The monoisotopic (exact) mass is 407 g/mol. The molecule has 2 fully saturated rings. The van der Waals surface area contributed by atoms with Gasteiger partial charge in [-0.2, -0.15) is 10.5 Å². The van der Waals surface area contributed by atoms with E-state index in [4.69, 9.17) is 0 Å². The Balaban J connectivity index is 1.67. The second-order valence-corrected chi connectivity index (χ2v) is 8.90. The van der Waals surface area contributed by atoms with Crippen molar-refractivity contribution < 1.29 is 4.79 Å². The van der Waals surface area contributed by atoms with Gasteiger partial charge < -0.3 is 9.80 Å². The van der Waals surface area contributed by atoms with Gasteiger partial charge in [0.15, 0.2) is 0 Å². The molecule has 6 nitrogen and oxygen atoms in total. The van der Waals surface area contributed by atoms with Crippen LogP contribution in [0.3, 0.4) is 0 Å². The minimum atomic E-state index is -0.665. The molecule has 1 saturated carbocycles. The summed E-state index contributed by atoms with van der Waals surface area (Å²) < 4.78 is 0. The van der Waals surface area contributed by atoms with Gasteiger partial charge in [-0.25, -0.2) is 0 Å². The van der Waals surface area contributed by atoms with Gasteiger partial charge in [-0.1, -0.05) is 19.1 Å². The van der Waals surface area contributed by atoms with E-state index in [2.05, 4.69) is 28.9 Å². The summed E-state index contributed by atoms with van der Waals surface area (Å²) in [7, 11) is 1.81. The van der Waals surface area contributed by atoms with Crippen molar-refractivity contribution in [2.24, 2.45) is 5.92 Å². The van der Waals surface area contributed by atoms with Gasteiger partial charge in [0.05, 0.1) is 23.4 Å². The van der Waals surface area contributed by atoms with Gasteiger partial charge in [0.25, 0.3) is 0 Å². The number of anilines is 1. The van der Waals surface area contributed by atoms with Crippen molar-refractivity contribution in [3.8, 4) is 12.1 Å². The number of rotatable bonds is 4. The maximum atomic E-state index is 13.3. The van der Waals surface area contributed by atoms with Crippen molar-refractivity contribution in [3.63, 3.8) is 0 Å². The fraction of sp³-hybridized carbons (Fsp3) is 0.625. The number of hydrogen-bond donors (Lipinski definition) is 0. The van der Waals surface area contributed by atoms with Crippen LogP contribution < -0.4 is 4.90 Å². The Bertz CT molecular complexity index is 831. The summed E-state index contributed by atoms with van der Waals surface area (Å²) in [5.74, 6) is 0.664. The fourth-order valence-corrected chi connectivity index (χ4v) is 4.82. The molecule has 1 aromatic carbocycles. The second kappa shape index (κ2) is 9.49. The summed E-state index contributed by atoms with van der Waals surface area (Å²) >= 11 is 0. The van der Waals surface area contributed by atoms with E-state index in [0.29, 0.717) is 11.5 Å². The van der Waals surface area contributed by atoms with E-state index in [9.17, 15) is 15.3 Å². The highest BCUT2D eigenvalue weighted by atomic mass is 16.2. The molecule has 6 heteroatoms. The standard InChI is InChI=1S/C24H33N5O/c1-19-9-11-24(18-26,12-10-19)27(3)23(30)20(2)28-13-6-14-29(16-15-28)22-8-5-4-7-21(22)17-25/h4-5,7-8,19-20H,6,9-16H2,1-3H3. The zero-order valence-corrected chi connectivity index (χ0v) is 18.5. The molecule has 30 heavy (non-hydrogen) atoms. The van der Waals surface area contributed by atoms with Gasteiger partial charge in [0, 0.05) is 33.2 Å². The van der Waals surface area contributed by atoms with E-state index in [0.717, 1.165) is 64.0 Å². The lowest BCUT2D eigenvalue weighted by atomic mass is 9.77. The van der Waals surface area contributed by atoms with Crippen LogP contribution in [0.25, 0.3) is 0 Å². The molecule has 1 amide bonds. The minimum Gasteiger partial charge on any atom is -0.369 e. The zero-order valence-electron chi connectivity index (χ0n) is 18.5. The summed E-state index contributed by atoms with van der Waals surface area (Å²) in [6.45, 7) is 7.43. The molecule has 1 aromatic rings. The van der Waals surface area contributed by atoms with E-state index in [1.165, 1.54) is 0 Å². The van der Waals surface area contributed by atoms with Crippen LogP contribution in [0.4, 0.5) is 5.69 Å². The first-order valence-electron chi connectivity index (χ1n) is 11.1. The minimum absolute atomic E-state index is 0.0389. The molecule has 0 N–H and O–H groups in total. The average molecular weight is 408 g/mol. The van der Waals surface area contributed by atoms with Gasteiger partial charge in [0.1, 0.15) is 11.6 Å². The fourth-order valence-electron chi connectivity index (χ4n) is 4.82. The Kier molecular flexibility index (Phi) is 7.00. The van der Waals surface area contributed by atoms with Gasteiger partial charge in [-0.15, -0.1) is 0 Å². The number of benzene rings is 1. The molecule has 0 spiro atoms. The average Bonchev–Trinajstić information content (AvgIpc) is 3.04. The van der Waals surface area contributed by atoms with Crippen molar-refractivity contribution in [2.75, 3.05) is 38.1 Å². The van der Waals surface area contributed by atoms with Crippen molar-refractivity contribution in [1.82, 2.24) is 9.80 Å². The third-order valence-corrected chi connectivity index (χ3v) is 7.08. The summed E-state index contributed by atoms with van der Waals surface area (Å²) in [5.41, 5.74) is 0.997. The molecule has 1 atom stereocenters. The lowest BCUT2D eigenvalue weighted by molar-refractivity contribution is -0.140. The van der Waals surface area contributed by atoms with Crippen LogP contribution in [0.5, 0.6) is 0 Å². The Morgan fingerprint density at radius 1 is 1.17 bits per heavy atom. The molecule has 1 heterocycles. The first-order valence-corrected chi connectivity index (χ1v) is 11.1. The molecule has 3 rings (SSSR count). The van der Waals surface area contributed by atoms with Crippen LogP contribution in [0.1, 0.15) is 51.5 Å². The molecule has 1 saturated heterocycles. The third kappa shape index (κ3) is 4.45. The maximum absolute atomic E-state index is 13.3. The van der Waals surface area contributed by atoms with Crippen LogP contribution in [0.15, 0.2) is 24.3 Å². The highest BCUT2D eigenvalue weighted by Crippen LogP contribution is 2.36. The van der Waals surface area contributed by atoms with Crippen LogP contribution in [0, 0.1) is 28.6 Å². The molecule has 0 bridgehead atoms. The van der Waals surface area contributed by atoms with Crippen molar-refractivity contribution in [1.29, 1.82) is 10.5 Å². The molecular formula is C24H33N5O. The number of carbonyl (C=O) groups excluding carboxylic acids is 1. The summed E-state index contributed by atoms with van der Waals surface area (Å²) in [6.07, 6.45) is 4.45. The number of carbonyl (C=O) groups is 1. The van der Waals surface area contributed by atoms with E-state index in [1.54, 1.807) is 4.90 Å². The van der Waals surface area contributed by atoms with Crippen LogP contribution in [-0.2, 0) is 4.79 Å². The van der Waals surface area contributed by atoms with E-state index in [-0.39, 0.29) is 11.9 Å². The zero-order chi connectivity index (χ0) is 21.7. The van der Waals surface area contributed by atoms with Crippen LogP contribution in [0.2, 0.25) is 0 Å². The van der Waals surface area contributed by atoms with E-state index < -0.39 is 5.54 Å². The maximum Gasteiger partial charge on any atom is 0.240 e. The number of para-hydroxylation sites is 1. The van der Waals surface area contributed by atoms with Gasteiger partial charge in [-0.05, 0) is 57.1 Å².